The van der Waals surface area contributed by atoms with Crippen LogP contribution in [0.3, 0.4) is 0 Å². The first kappa shape index (κ1) is 18.6. The van der Waals surface area contributed by atoms with Gasteiger partial charge in [0.1, 0.15) is 11.5 Å². The third kappa shape index (κ3) is 5.12. The van der Waals surface area contributed by atoms with E-state index in [1.54, 1.807) is 24.5 Å². The number of pyridine rings is 1. The molecule has 0 radical (unpaired) electrons. The van der Waals surface area contributed by atoms with Gasteiger partial charge in [0.05, 0.1) is 6.54 Å². The Balaban J connectivity index is 0.000000277. The zero-order valence-corrected chi connectivity index (χ0v) is 13.2. The second kappa shape index (κ2) is 7.89. The number of fused-ring (bicyclic) bond motifs is 1. The number of rotatable bonds is 3. The molecule has 0 spiro atoms. The van der Waals surface area contributed by atoms with Crippen molar-refractivity contribution in [2.45, 2.75) is 6.18 Å². The Kier molecular flexibility index (Phi) is 5.87. The quantitative estimate of drug-likeness (QED) is 0.554. The molecule has 0 aliphatic carbocycles. The number of aldehydes is 1. The topological polar surface area (TPSA) is 57.8 Å². The van der Waals surface area contributed by atoms with Crippen LogP contribution >= 0.6 is 0 Å². The fraction of sp³-hybridized carbons (Fsp3) is 0.176. The van der Waals surface area contributed by atoms with E-state index in [9.17, 15) is 22.4 Å². The molecule has 2 aromatic heterocycles. The van der Waals surface area contributed by atoms with Crippen molar-refractivity contribution in [2.75, 3.05) is 13.6 Å². The molecule has 8 heteroatoms. The SMILES string of the molecule is CNCC(F)(F)F.O=Cc1c[nH]c2ncc(-c3cccc(F)c3)cc12. The molecule has 25 heavy (non-hydrogen) atoms. The molecule has 0 amide bonds. The first-order valence-electron chi connectivity index (χ1n) is 7.23. The van der Waals surface area contributed by atoms with Crippen LogP contribution in [0.4, 0.5) is 17.6 Å². The van der Waals surface area contributed by atoms with E-state index >= 15 is 0 Å². The molecule has 0 fully saturated rings. The summed E-state index contributed by atoms with van der Waals surface area (Å²) in [5.41, 5.74) is 2.72. The van der Waals surface area contributed by atoms with E-state index in [1.807, 2.05) is 11.4 Å². The summed E-state index contributed by atoms with van der Waals surface area (Å²) in [5, 5.41) is 2.73. The van der Waals surface area contributed by atoms with Gasteiger partial charge in [-0.2, -0.15) is 13.2 Å². The third-order valence-corrected chi connectivity index (χ3v) is 3.23. The Morgan fingerprint density at radius 1 is 1.24 bits per heavy atom. The lowest BCUT2D eigenvalue weighted by Gasteiger charge is -2.01. The minimum absolute atomic E-state index is 0.294. The van der Waals surface area contributed by atoms with Crippen LogP contribution in [0.2, 0.25) is 0 Å². The minimum Gasteiger partial charge on any atom is -0.345 e. The molecule has 0 atom stereocenters. The summed E-state index contributed by atoms with van der Waals surface area (Å²) >= 11 is 0. The Morgan fingerprint density at radius 2 is 2.00 bits per heavy atom. The number of aromatic amines is 1. The summed E-state index contributed by atoms with van der Waals surface area (Å²) in [7, 11) is 1.26. The molecule has 4 nitrogen and oxygen atoms in total. The number of halogens is 4. The van der Waals surface area contributed by atoms with Crippen molar-refractivity contribution < 1.29 is 22.4 Å². The zero-order valence-electron chi connectivity index (χ0n) is 13.2. The fourth-order valence-electron chi connectivity index (χ4n) is 2.15. The highest BCUT2D eigenvalue weighted by Crippen LogP contribution is 2.24. The molecular weight excluding hydrogens is 338 g/mol. The third-order valence-electron chi connectivity index (χ3n) is 3.23. The Morgan fingerprint density at radius 3 is 2.56 bits per heavy atom. The first-order chi connectivity index (χ1) is 11.8. The summed E-state index contributed by atoms with van der Waals surface area (Å²) in [5.74, 6) is -0.294. The summed E-state index contributed by atoms with van der Waals surface area (Å²) in [6.07, 6.45) is -0.0210. The lowest BCUT2D eigenvalue weighted by atomic mass is 10.1. The molecular formula is C17H15F4N3O. The first-order valence-corrected chi connectivity index (χ1v) is 7.23. The van der Waals surface area contributed by atoms with Crippen molar-refractivity contribution in [1.82, 2.24) is 15.3 Å². The standard InChI is InChI=1S/C14H9FN2O.C3H6F3N/c15-12-3-1-2-9(4-12)10-5-13-11(8-18)7-17-14(13)16-6-10;1-7-2-3(4,5)6/h1-8H,(H,16,17);7H,2H2,1H3. The van der Waals surface area contributed by atoms with Crippen molar-refractivity contribution in [3.05, 3.63) is 54.1 Å². The number of hydrogen-bond donors (Lipinski definition) is 2. The number of nitrogens with one attached hydrogen (secondary N) is 2. The maximum atomic E-state index is 13.2. The van der Waals surface area contributed by atoms with Gasteiger partial charge in [0.15, 0.2) is 6.29 Å². The number of benzene rings is 1. The van der Waals surface area contributed by atoms with Crippen molar-refractivity contribution in [2.24, 2.45) is 0 Å². The molecule has 132 valence electrons. The van der Waals surface area contributed by atoms with Crippen molar-refractivity contribution in [3.63, 3.8) is 0 Å². The fourth-order valence-corrected chi connectivity index (χ4v) is 2.15. The smallest absolute Gasteiger partial charge is 0.345 e. The lowest BCUT2D eigenvalue weighted by Crippen LogP contribution is -2.25. The highest BCUT2D eigenvalue weighted by Gasteiger charge is 2.24. The van der Waals surface area contributed by atoms with Gasteiger partial charge in [-0.15, -0.1) is 0 Å². The number of carbonyl (C=O) groups excluding carboxylic acids is 1. The molecule has 1 aromatic carbocycles. The van der Waals surface area contributed by atoms with Crippen LogP contribution in [-0.4, -0.2) is 36.0 Å². The van der Waals surface area contributed by atoms with Crippen molar-refractivity contribution in [1.29, 1.82) is 0 Å². The largest absolute Gasteiger partial charge is 0.401 e. The lowest BCUT2D eigenvalue weighted by molar-refractivity contribution is -0.123. The van der Waals surface area contributed by atoms with E-state index in [0.29, 0.717) is 11.2 Å². The normalized spacial score (nSPS) is 11.1. The van der Waals surface area contributed by atoms with Crippen molar-refractivity contribution in [3.8, 4) is 11.1 Å². The molecule has 0 bridgehead atoms. The van der Waals surface area contributed by atoms with E-state index in [1.165, 1.54) is 19.2 Å². The van der Waals surface area contributed by atoms with Gasteiger partial charge in [-0.25, -0.2) is 9.37 Å². The number of H-pyrrole nitrogens is 1. The number of carbonyl (C=O) groups is 1. The average molecular weight is 353 g/mol. The second-order valence-corrected chi connectivity index (χ2v) is 5.14. The second-order valence-electron chi connectivity index (χ2n) is 5.14. The van der Waals surface area contributed by atoms with Gasteiger partial charge in [0.2, 0.25) is 0 Å². The summed E-state index contributed by atoms with van der Waals surface area (Å²) in [6, 6.07) is 8.11. The summed E-state index contributed by atoms with van der Waals surface area (Å²) in [6.45, 7) is -0.910. The van der Waals surface area contributed by atoms with Gasteiger partial charge in [0.25, 0.3) is 0 Å². The Labute approximate surface area is 140 Å². The maximum absolute atomic E-state index is 13.2. The Hall–Kier alpha value is -2.74. The molecule has 3 rings (SSSR count). The van der Waals surface area contributed by atoms with Gasteiger partial charge in [0, 0.05) is 28.9 Å². The number of alkyl halides is 3. The van der Waals surface area contributed by atoms with E-state index in [-0.39, 0.29) is 5.82 Å². The minimum atomic E-state index is -4.06. The van der Waals surface area contributed by atoms with Crippen LogP contribution in [0.25, 0.3) is 22.2 Å². The average Bonchev–Trinajstić information content (AvgIpc) is 2.96. The zero-order chi connectivity index (χ0) is 18.4. The summed E-state index contributed by atoms with van der Waals surface area (Å²) in [4.78, 5) is 18.0. The van der Waals surface area contributed by atoms with Gasteiger partial charge < -0.3 is 10.3 Å². The van der Waals surface area contributed by atoms with E-state index < -0.39 is 12.7 Å². The van der Waals surface area contributed by atoms with Gasteiger partial charge >= 0.3 is 6.18 Å². The van der Waals surface area contributed by atoms with Crippen LogP contribution < -0.4 is 5.32 Å². The molecule has 0 aliphatic heterocycles. The van der Waals surface area contributed by atoms with Gasteiger partial charge in [-0.3, -0.25) is 4.79 Å². The maximum Gasteiger partial charge on any atom is 0.401 e. The molecule has 2 heterocycles. The highest BCUT2D eigenvalue weighted by molar-refractivity contribution is 5.97. The molecule has 0 saturated heterocycles. The van der Waals surface area contributed by atoms with E-state index in [0.717, 1.165) is 22.8 Å². The van der Waals surface area contributed by atoms with Crippen LogP contribution in [0, 0.1) is 5.82 Å². The number of hydrogen-bond acceptors (Lipinski definition) is 3. The van der Waals surface area contributed by atoms with Crippen LogP contribution in [0.5, 0.6) is 0 Å². The highest BCUT2D eigenvalue weighted by atomic mass is 19.4. The predicted molar refractivity (Wildman–Crippen MR) is 86.9 cm³/mol. The van der Waals surface area contributed by atoms with Crippen LogP contribution in [-0.2, 0) is 0 Å². The van der Waals surface area contributed by atoms with Crippen LogP contribution in [0.15, 0.2) is 42.7 Å². The molecule has 2 N–H and O–H groups in total. The van der Waals surface area contributed by atoms with Gasteiger partial charge in [-0.05, 0) is 30.8 Å². The molecule has 3 aromatic rings. The number of nitrogens with zero attached hydrogens (tertiary/aromatic N) is 1. The number of aromatic nitrogens is 2. The molecule has 0 saturated carbocycles. The van der Waals surface area contributed by atoms with Gasteiger partial charge in [-0.1, -0.05) is 12.1 Å². The Bertz CT molecular complexity index is 858. The van der Waals surface area contributed by atoms with Crippen molar-refractivity contribution >= 4 is 17.3 Å². The summed E-state index contributed by atoms with van der Waals surface area (Å²) < 4.78 is 46.1. The van der Waals surface area contributed by atoms with E-state index in [2.05, 4.69) is 9.97 Å². The molecule has 0 unspecified atom stereocenters. The monoisotopic (exact) mass is 353 g/mol. The van der Waals surface area contributed by atoms with E-state index in [4.69, 9.17) is 0 Å². The van der Waals surface area contributed by atoms with Crippen LogP contribution in [0.1, 0.15) is 10.4 Å². The predicted octanol–water partition coefficient (Wildman–Crippen LogP) is 3.95. The molecule has 0 aliphatic rings.